The molecule has 4 aromatic rings. The predicted molar refractivity (Wildman–Crippen MR) is 267 cm³/mol. The minimum absolute atomic E-state index is 0.00675. The third-order valence-corrected chi connectivity index (χ3v) is 14.0. The number of aryl methyl sites for hydroxylation is 1. The van der Waals surface area contributed by atoms with E-state index in [9.17, 15) is 24.3 Å². The first-order valence-corrected chi connectivity index (χ1v) is 25.0. The summed E-state index contributed by atoms with van der Waals surface area (Å²) in [6.45, 7) is 12.4. The Labute approximate surface area is 417 Å². The molecule has 1 fully saturated rings. The van der Waals surface area contributed by atoms with E-state index in [2.05, 4.69) is 20.9 Å². The van der Waals surface area contributed by atoms with Crippen LogP contribution in [0.25, 0.3) is 22.1 Å². The van der Waals surface area contributed by atoms with E-state index in [1.54, 1.807) is 37.6 Å². The average Bonchev–Trinajstić information content (AvgIpc) is 4.03. The standard InChI is InChI=1S/C54H65F3N6O7S/c1-32-22-40-39-11-9-8-10-37(39)25-41(40)48(63(32)30-54(6,7)57)47-42(55)23-35(24-43(47)56)14-17-45(65)58-18-19-69-20-21-70-29-46(66)61-50(53(3,4)5)52(68)62-28-38(64)26-44(62)51(67)59-27-34-12-15-36(16-13-34)49-33(2)60-31-71-49/h8-17,23-24,31-32,38,44,48,50,64H,18-22,25-30H2,1-7H3,(H,58,65)(H,59,67)(H,61,66)/b17-14+/t32-,38-,44+,48+,50-/m1/s1. The molecule has 2 aliphatic heterocycles. The Kier molecular flexibility index (Phi) is 17.0. The van der Waals surface area contributed by atoms with Crippen LogP contribution in [0.1, 0.15) is 93.9 Å². The van der Waals surface area contributed by atoms with Crippen LogP contribution in [0.3, 0.4) is 0 Å². The molecule has 3 aliphatic rings. The van der Waals surface area contributed by atoms with Gasteiger partial charge in [-0.25, -0.2) is 18.2 Å². The Balaban J connectivity index is 0.834. The number of amides is 4. The second-order valence-corrected chi connectivity index (χ2v) is 21.2. The molecule has 3 aromatic carbocycles. The molecule has 13 nitrogen and oxygen atoms in total. The van der Waals surface area contributed by atoms with E-state index in [1.807, 2.05) is 67.3 Å². The number of thiazole rings is 1. The number of hydrogen-bond donors (Lipinski definition) is 4. The van der Waals surface area contributed by atoms with E-state index in [1.165, 1.54) is 43.0 Å². The van der Waals surface area contributed by atoms with Crippen LogP contribution in [0.2, 0.25) is 0 Å². The zero-order chi connectivity index (χ0) is 51.2. The molecule has 1 aliphatic carbocycles. The van der Waals surface area contributed by atoms with Gasteiger partial charge in [0.05, 0.1) is 48.0 Å². The highest BCUT2D eigenvalue weighted by Crippen LogP contribution is 2.50. The molecule has 0 spiro atoms. The molecule has 0 bridgehead atoms. The van der Waals surface area contributed by atoms with E-state index in [4.69, 9.17) is 9.47 Å². The molecule has 0 radical (unpaired) electrons. The van der Waals surface area contributed by atoms with Gasteiger partial charge in [-0.3, -0.25) is 24.1 Å². The number of aliphatic hydroxyl groups is 1. The van der Waals surface area contributed by atoms with Crippen LogP contribution in [0.5, 0.6) is 0 Å². The maximum Gasteiger partial charge on any atom is 0.246 e. The number of nitrogens with zero attached hydrogens (tertiary/aromatic N) is 3. The zero-order valence-electron chi connectivity index (χ0n) is 41.5. The summed E-state index contributed by atoms with van der Waals surface area (Å²) in [5, 5.41) is 18.9. The van der Waals surface area contributed by atoms with Crippen molar-refractivity contribution in [2.24, 2.45) is 5.41 Å². The summed E-state index contributed by atoms with van der Waals surface area (Å²) in [6.07, 6.45) is 2.81. The zero-order valence-corrected chi connectivity index (χ0v) is 42.3. The number of β-amino-alcohol motifs (C(OH)–C–C–N with tert-alkyl or cyclic N) is 1. The van der Waals surface area contributed by atoms with Gasteiger partial charge in [-0.15, -0.1) is 11.3 Å². The summed E-state index contributed by atoms with van der Waals surface area (Å²) in [7, 11) is 0. The van der Waals surface area contributed by atoms with Crippen LogP contribution in [0, 0.1) is 24.0 Å². The molecule has 380 valence electrons. The molecule has 0 saturated carbocycles. The van der Waals surface area contributed by atoms with Crippen molar-refractivity contribution in [3.8, 4) is 10.4 Å². The first-order chi connectivity index (χ1) is 33.7. The Morgan fingerprint density at radius 2 is 1.68 bits per heavy atom. The Bertz CT molecular complexity index is 2620. The quantitative estimate of drug-likeness (QED) is 0.0560. The lowest BCUT2D eigenvalue weighted by Gasteiger charge is -2.44. The fourth-order valence-electron chi connectivity index (χ4n) is 9.65. The van der Waals surface area contributed by atoms with Crippen molar-refractivity contribution in [1.82, 2.24) is 30.7 Å². The molecule has 17 heteroatoms. The lowest BCUT2D eigenvalue weighted by molar-refractivity contribution is -0.144. The molecule has 3 heterocycles. The van der Waals surface area contributed by atoms with Crippen molar-refractivity contribution in [2.45, 2.75) is 110 Å². The summed E-state index contributed by atoms with van der Waals surface area (Å²) in [5.74, 6) is -3.52. The fraction of sp³-hybridized carbons (Fsp3) is 0.463. The van der Waals surface area contributed by atoms with E-state index < -0.39 is 70.6 Å². The number of aliphatic hydroxyl groups excluding tert-OH is 1. The number of rotatable bonds is 19. The van der Waals surface area contributed by atoms with Gasteiger partial charge in [0, 0.05) is 50.3 Å². The van der Waals surface area contributed by atoms with E-state index in [0.717, 1.165) is 44.0 Å². The number of hydrogen-bond acceptors (Lipinski definition) is 10. The monoisotopic (exact) mass is 998 g/mol. The van der Waals surface area contributed by atoms with Crippen LogP contribution >= 0.6 is 11.3 Å². The number of halogens is 3. The number of carbonyl (C=O) groups is 4. The number of likely N-dealkylation sites (tertiary alicyclic amines) is 1. The molecule has 1 saturated heterocycles. The van der Waals surface area contributed by atoms with E-state index in [0.29, 0.717) is 12.8 Å². The lowest BCUT2D eigenvalue weighted by atomic mass is 9.83. The largest absolute Gasteiger partial charge is 0.391 e. The number of ether oxygens (including phenoxy) is 2. The van der Waals surface area contributed by atoms with Crippen molar-refractivity contribution in [2.75, 3.05) is 46.1 Å². The highest BCUT2D eigenvalue weighted by atomic mass is 32.1. The summed E-state index contributed by atoms with van der Waals surface area (Å²) in [4.78, 5) is 61.6. The number of aromatic nitrogens is 1. The third kappa shape index (κ3) is 13.2. The lowest BCUT2D eigenvalue weighted by Crippen LogP contribution is -2.58. The van der Waals surface area contributed by atoms with Gasteiger partial charge in [-0.05, 0) is 103 Å². The number of fused-ring (bicyclic) bond motifs is 2. The highest BCUT2D eigenvalue weighted by Gasteiger charge is 2.45. The molecule has 5 atom stereocenters. The first kappa shape index (κ1) is 53.1. The summed E-state index contributed by atoms with van der Waals surface area (Å²) >= 11 is 1.56. The summed E-state index contributed by atoms with van der Waals surface area (Å²) in [5.41, 5.74) is 6.38. The van der Waals surface area contributed by atoms with Crippen molar-refractivity contribution in [3.05, 3.63) is 123 Å². The number of carbonyl (C=O) groups excluding carboxylic acids is 4. The fourth-order valence-corrected chi connectivity index (χ4v) is 10.5. The van der Waals surface area contributed by atoms with Crippen LogP contribution < -0.4 is 16.0 Å². The van der Waals surface area contributed by atoms with E-state index >= 15 is 13.2 Å². The molecule has 4 amide bonds. The number of nitrogens with one attached hydrogen (secondary N) is 3. The van der Waals surface area contributed by atoms with Gasteiger partial charge in [0.1, 0.15) is 36.0 Å². The Morgan fingerprint density at radius 1 is 0.972 bits per heavy atom. The first-order valence-electron chi connectivity index (χ1n) is 24.1. The van der Waals surface area contributed by atoms with Crippen molar-refractivity contribution in [3.63, 3.8) is 0 Å². The minimum Gasteiger partial charge on any atom is -0.391 e. The van der Waals surface area contributed by atoms with Gasteiger partial charge in [0.15, 0.2) is 0 Å². The van der Waals surface area contributed by atoms with Crippen LogP contribution in [-0.4, -0.2) is 119 Å². The summed E-state index contributed by atoms with van der Waals surface area (Å²) in [6, 6.07) is 15.2. The third-order valence-electron chi connectivity index (χ3n) is 13.1. The molecule has 71 heavy (non-hydrogen) atoms. The maximum absolute atomic E-state index is 16.1. The second-order valence-electron chi connectivity index (χ2n) is 20.3. The number of benzene rings is 3. The predicted octanol–water partition coefficient (Wildman–Crippen LogP) is 7.26. The van der Waals surface area contributed by atoms with E-state index in [-0.39, 0.29) is 76.2 Å². The van der Waals surface area contributed by atoms with Crippen LogP contribution in [0.15, 0.2) is 77.8 Å². The van der Waals surface area contributed by atoms with Gasteiger partial charge in [0.2, 0.25) is 23.6 Å². The molecule has 7 rings (SSSR count). The molecular formula is C54H65F3N6O7S. The Morgan fingerprint density at radius 3 is 2.35 bits per heavy atom. The van der Waals surface area contributed by atoms with Crippen molar-refractivity contribution in [1.29, 1.82) is 0 Å². The number of alkyl halides is 1. The van der Waals surface area contributed by atoms with Gasteiger partial charge in [0.25, 0.3) is 0 Å². The van der Waals surface area contributed by atoms with Gasteiger partial charge < -0.3 is 35.4 Å². The molecular weight excluding hydrogens is 934 g/mol. The maximum atomic E-state index is 16.1. The average molecular weight is 999 g/mol. The smallest absolute Gasteiger partial charge is 0.246 e. The van der Waals surface area contributed by atoms with Crippen LogP contribution in [-0.2, 0) is 41.6 Å². The second kappa shape index (κ2) is 22.8. The Hall–Kier alpha value is -5.72. The molecule has 0 unspecified atom stereocenters. The van der Waals surface area contributed by atoms with Gasteiger partial charge >= 0.3 is 0 Å². The molecule has 1 aromatic heterocycles. The van der Waals surface area contributed by atoms with Gasteiger partial charge in [-0.1, -0.05) is 69.3 Å². The van der Waals surface area contributed by atoms with Crippen molar-refractivity contribution >= 4 is 46.6 Å². The highest BCUT2D eigenvalue weighted by molar-refractivity contribution is 7.13. The molecule has 4 N–H and O–H groups in total. The SMILES string of the molecule is Cc1ncsc1-c1ccc(CNC(=O)[C@@H]2C[C@@H](O)CN2C(=O)[C@@H](NC(=O)COCCOCCNC(=O)/C=C/c2cc(F)c([C@@H]3C4=C(C[C@@H](C)N3CC(C)(C)F)c3ccccc3C4)c(F)c2)C(C)(C)C)cc1. The van der Waals surface area contributed by atoms with Crippen molar-refractivity contribution < 1.29 is 46.9 Å². The minimum atomic E-state index is -1.61. The topological polar surface area (TPSA) is 162 Å². The van der Waals surface area contributed by atoms with Crippen LogP contribution in [0.4, 0.5) is 13.2 Å². The van der Waals surface area contributed by atoms with Gasteiger partial charge in [-0.2, -0.15) is 0 Å². The normalized spacial score (nSPS) is 19.7. The summed E-state index contributed by atoms with van der Waals surface area (Å²) < 4.78 is 58.4.